The zero-order valence-electron chi connectivity index (χ0n) is 9.90. The van der Waals surface area contributed by atoms with Crippen LogP contribution in [0.4, 0.5) is 0 Å². The highest BCUT2D eigenvalue weighted by Crippen LogP contribution is 2.27. The number of carbonyl (C=O) groups excluding carboxylic acids is 1. The lowest BCUT2D eigenvalue weighted by Gasteiger charge is -2.17. The van der Waals surface area contributed by atoms with Gasteiger partial charge in [0.15, 0.2) is 0 Å². The van der Waals surface area contributed by atoms with Crippen molar-refractivity contribution in [1.29, 1.82) is 0 Å². The minimum Gasteiger partial charge on any atom is -0.368 e. The van der Waals surface area contributed by atoms with Gasteiger partial charge < -0.3 is 5.73 Å². The van der Waals surface area contributed by atoms with Gasteiger partial charge in [-0.2, -0.15) is 0 Å². The number of rotatable bonds is 5. The molecule has 19 heavy (non-hydrogen) atoms. The Bertz CT molecular complexity index is 574. The molecule has 0 spiro atoms. The van der Waals surface area contributed by atoms with Gasteiger partial charge in [0.2, 0.25) is 5.91 Å². The summed E-state index contributed by atoms with van der Waals surface area (Å²) in [6.07, 6.45) is 0. The van der Waals surface area contributed by atoms with Crippen molar-refractivity contribution in [2.75, 3.05) is 0 Å². The molecule has 0 aliphatic rings. The van der Waals surface area contributed by atoms with Crippen LogP contribution >= 0.6 is 38.9 Å². The summed E-state index contributed by atoms with van der Waals surface area (Å²) in [6, 6.07) is 8.73. The Balaban J connectivity index is 2.20. The van der Waals surface area contributed by atoms with E-state index in [0.717, 1.165) is 9.35 Å². The Morgan fingerprint density at radius 2 is 2.26 bits per heavy atom. The summed E-state index contributed by atoms with van der Waals surface area (Å²) in [7, 11) is 0. The molecule has 1 aromatic heterocycles. The van der Waals surface area contributed by atoms with Crippen LogP contribution in [0.25, 0.3) is 0 Å². The number of halogens is 2. The summed E-state index contributed by atoms with van der Waals surface area (Å²) in [4.78, 5) is 12.7. The van der Waals surface area contributed by atoms with Crippen molar-refractivity contribution in [3.05, 3.63) is 55.6 Å². The molecular weight excluding hydrogens is 348 g/mol. The number of thiophene rings is 1. The molecule has 0 radical (unpaired) electrons. The first-order valence-corrected chi connectivity index (χ1v) is 7.63. The highest BCUT2D eigenvalue weighted by Gasteiger charge is 2.20. The number of primary amides is 1. The molecule has 2 rings (SSSR count). The molecule has 0 aliphatic heterocycles. The van der Waals surface area contributed by atoms with Crippen LogP contribution in [0, 0.1) is 0 Å². The van der Waals surface area contributed by atoms with Crippen LogP contribution in [0.1, 0.15) is 16.5 Å². The van der Waals surface area contributed by atoms with E-state index in [-0.39, 0.29) is 0 Å². The van der Waals surface area contributed by atoms with Gasteiger partial charge in [-0.3, -0.25) is 10.1 Å². The van der Waals surface area contributed by atoms with Crippen LogP contribution in [0.5, 0.6) is 0 Å². The van der Waals surface area contributed by atoms with Gasteiger partial charge in [-0.25, -0.2) is 0 Å². The topological polar surface area (TPSA) is 55.1 Å². The van der Waals surface area contributed by atoms with Crippen molar-refractivity contribution >= 4 is 44.8 Å². The molecule has 0 fully saturated rings. The van der Waals surface area contributed by atoms with Crippen molar-refractivity contribution in [3.63, 3.8) is 0 Å². The first kappa shape index (κ1) is 14.5. The summed E-state index contributed by atoms with van der Waals surface area (Å²) in [5.41, 5.74) is 6.14. The van der Waals surface area contributed by atoms with Gasteiger partial charge in [0.05, 0.1) is 0 Å². The fraction of sp³-hybridized carbons (Fsp3) is 0.154. The van der Waals surface area contributed by atoms with Gasteiger partial charge in [0.25, 0.3) is 0 Å². The zero-order valence-corrected chi connectivity index (χ0v) is 13.1. The zero-order chi connectivity index (χ0) is 13.8. The monoisotopic (exact) mass is 358 g/mol. The molecule has 0 aliphatic carbocycles. The Morgan fingerprint density at radius 1 is 1.47 bits per heavy atom. The van der Waals surface area contributed by atoms with Crippen LogP contribution in [-0.4, -0.2) is 5.91 Å². The van der Waals surface area contributed by atoms with Crippen LogP contribution in [-0.2, 0) is 11.3 Å². The fourth-order valence-electron chi connectivity index (χ4n) is 1.72. The van der Waals surface area contributed by atoms with Crippen LogP contribution in [0.3, 0.4) is 0 Å². The minimum absolute atomic E-state index is 0.448. The summed E-state index contributed by atoms with van der Waals surface area (Å²) in [5, 5.41) is 5.64. The van der Waals surface area contributed by atoms with E-state index in [1.165, 1.54) is 0 Å². The van der Waals surface area contributed by atoms with E-state index < -0.39 is 11.9 Å². The standard InChI is InChI=1S/C13H12BrClN2OS/c14-8-3-4-11(15)10(6-8)12(13(16)18)17-7-9-2-1-5-19-9/h1-6,12,17H,7H2,(H2,16,18). The van der Waals surface area contributed by atoms with Crippen molar-refractivity contribution in [3.8, 4) is 0 Å². The molecule has 1 unspecified atom stereocenters. The molecule has 1 amide bonds. The fourth-order valence-corrected chi connectivity index (χ4v) is 2.98. The van der Waals surface area contributed by atoms with Crippen LogP contribution in [0.2, 0.25) is 5.02 Å². The van der Waals surface area contributed by atoms with Crippen molar-refractivity contribution < 1.29 is 4.79 Å². The maximum absolute atomic E-state index is 11.6. The summed E-state index contributed by atoms with van der Waals surface area (Å²) < 4.78 is 0.857. The smallest absolute Gasteiger partial charge is 0.239 e. The SMILES string of the molecule is NC(=O)C(NCc1cccs1)c1cc(Br)ccc1Cl. The summed E-state index contributed by atoms with van der Waals surface area (Å²) in [5.74, 6) is -0.448. The van der Waals surface area contributed by atoms with Gasteiger partial charge in [0.1, 0.15) is 6.04 Å². The van der Waals surface area contributed by atoms with E-state index in [1.54, 1.807) is 23.5 Å². The molecule has 0 bridgehead atoms. The van der Waals surface area contributed by atoms with E-state index in [0.29, 0.717) is 17.1 Å². The lowest BCUT2D eigenvalue weighted by molar-refractivity contribution is -0.120. The van der Waals surface area contributed by atoms with E-state index in [2.05, 4.69) is 21.2 Å². The molecule has 3 N–H and O–H groups in total. The predicted octanol–water partition coefficient (Wildman–Crippen LogP) is 3.48. The molecule has 1 atom stereocenters. The minimum atomic E-state index is -0.605. The average molecular weight is 360 g/mol. The molecule has 0 saturated carbocycles. The molecule has 100 valence electrons. The number of benzene rings is 1. The van der Waals surface area contributed by atoms with Crippen LogP contribution < -0.4 is 11.1 Å². The average Bonchev–Trinajstić information content (AvgIpc) is 2.86. The molecule has 1 heterocycles. The van der Waals surface area contributed by atoms with Gasteiger partial charge in [-0.1, -0.05) is 33.6 Å². The number of hydrogen-bond donors (Lipinski definition) is 2. The number of hydrogen-bond acceptors (Lipinski definition) is 3. The number of amides is 1. The molecule has 0 saturated heterocycles. The lowest BCUT2D eigenvalue weighted by atomic mass is 10.1. The second-order valence-corrected chi connectivity index (χ2v) is 6.32. The van der Waals surface area contributed by atoms with Gasteiger partial charge >= 0.3 is 0 Å². The van der Waals surface area contributed by atoms with Crippen molar-refractivity contribution in [1.82, 2.24) is 5.32 Å². The predicted molar refractivity (Wildman–Crippen MR) is 82.2 cm³/mol. The van der Waals surface area contributed by atoms with E-state index >= 15 is 0 Å². The van der Waals surface area contributed by atoms with Gasteiger partial charge in [-0.15, -0.1) is 11.3 Å². The molecule has 1 aromatic carbocycles. The molecular formula is C13H12BrClN2OS. The summed E-state index contributed by atoms with van der Waals surface area (Å²) >= 11 is 11.1. The highest BCUT2D eigenvalue weighted by atomic mass is 79.9. The molecule has 3 nitrogen and oxygen atoms in total. The second-order valence-electron chi connectivity index (χ2n) is 3.96. The number of nitrogens with one attached hydrogen (secondary N) is 1. The van der Waals surface area contributed by atoms with E-state index in [1.807, 2.05) is 23.6 Å². The summed E-state index contributed by atoms with van der Waals surface area (Å²) in [6.45, 7) is 0.577. The largest absolute Gasteiger partial charge is 0.368 e. The van der Waals surface area contributed by atoms with Gasteiger partial charge in [-0.05, 0) is 35.2 Å². The van der Waals surface area contributed by atoms with E-state index in [4.69, 9.17) is 17.3 Å². The lowest BCUT2D eigenvalue weighted by Crippen LogP contribution is -2.33. The first-order valence-electron chi connectivity index (χ1n) is 5.58. The third-order valence-electron chi connectivity index (χ3n) is 2.61. The third-order valence-corrected chi connectivity index (χ3v) is 4.33. The van der Waals surface area contributed by atoms with Gasteiger partial charge in [0, 0.05) is 20.9 Å². The maximum Gasteiger partial charge on any atom is 0.239 e. The quantitative estimate of drug-likeness (QED) is 0.858. The third kappa shape index (κ3) is 3.79. The normalized spacial score (nSPS) is 12.3. The van der Waals surface area contributed by atoms with Crippen LogP contribution in [0.15, 0.2) is 40.2 Å². The molecule has 6 heteroatoms. The van der Waals surface area contributed by atoms with E-state index in [9.17, 15) is 4.79 Å². The first-order chi connectivity index (χ1) is 9.08. The Kier molecular flexibility index (Phi) is 4.99. The highest BCUT2D eigenvalue weighted by molar-refractivity contribution is 9.10. The Hall–Kier alpha value is -0.880. The Labute approximate surface area is 128 Å². The number of nitrogens with two attached hydrogens (primary N) is 1. The maximum atomic E-state index is 11.6. The van der Waals surface area contributed by atoms with Crippen molar-refractivity contribution in [2.24, 2.45) is 5.73 Å². The molecule has 2 aromatic rings. The number of carbonyl (C=O) groups is 1. The van der Waals surface area contributed by atoms with Crippen molar-refractivity contribution in [2.45, 2.75) is 12.6 Å². The Morgan fingerprint density at radius 3 is 2.89 bits per heavy atom. The second kappa shape index (κ2) is 6.52.